The van der Waals surface area contributed by atoms with Crippen molar-refractivity contribution in [3.05, 3.63) is 35.5 Å². The molecule has 0 aliphatic heterocycles. The van der Waals surface area contributed by atoms with E-state index < -0.39 is 0 Å². The Balaban J connectivity index is 2.08. The molecule has 1 heteroatoms. The second-order valence-corrected chi connectivity index (χ2v) is 5.07. The summed E-state index contributed by atoms with van der Waals surface area (Å²) in [4.78, 5) is 3.37. The van der Waals surface area contributed by atoms with Crippen LogP contribution in [0.1, 0.15) is 49.1 Å². The number of aromatic amines is 1. The molecule has 0 amide bonds. The monoisotopic (exact) mass is 213 g/mol. The van der Waals surface area contributed by atoms with Gasteiger partial charge in [-0.3, -0.25) is 0 Å². The molecule has 1 aromatic carbocycles. The lowest BCUT2D eigenvalue weighted by molar-refractivity contribution is 0.445. The van der Waals surface area contributed by atoms with Crippen molar-refractivity contribution < 1.29 is 0 Å². The lowest BCUT2D eigenvalue weighted by atomic mass is 9.82. The third-order valence-corrected chi connectivity index (χ3v) is 4.01. The van der Waals surface area contributed by atoms with Crippen LogP contribution in [0.15, 0.2) is 24.4 Å². The number of aryl methyl sites for hydroxylation is 1. The summed E-state index contributed by atoms with van der Waals surface area (Å²) in [6.07, 6.45) is 9.07. The molecule has 1 N–H and O–H groups in total. The Morgan fingerprint density at radius 1 is 1.06 bits per heavy atom. The van der Waals surface area contributed by atoms with Crippen molar-refractivity contribution >= 4 is 10.9 Å². The van der Waals surface area contributed by atoms with Gasteiger partial charge < -0.3 is 4.98 Å². The highest BCUT2D eigenvalue weighted by molar-refractivity contribution is 5.86. The van der Waals surface area contributed by atoms with Gasteiger partial charge in [0.1, 0.15) is 0 Å². The van der Waals surface area contributed by atoms with Crippen LogP contribution in [0.4, 0.5) is 0 Å². The average molecular weight is 213 g/mol. The van der Waals surface area contributed by atoms with Crippen molar-refractivity contribution in [3.63, 3.8) is 0 Å². The van der Waals surface area contributed by atoms with Crippen LogP contribution in [0, 0.1) is 6.92 Å². The molecule has 16 heavy (non-hydrogen) atoms. The van der Waals surface area contributed by atoms with Crippen LogP contribution in [-0.2, 0) is 0 Å². The Hall–Kier alpha value is -1.24. The van der Waals surface area contributed by atoms with Crippen molar-refractivity contribution in [1.29, 1.82) is 0 Å². The van der Waals surface area contributed by atoms with Crippen LogP contribution >= 0.6 is 0 Å². The highest BCUT2D eigenvalue weighted by Crippen LogP contribution is 2.36. The SMILES string of the molecule is Cc1ccc(C2CCCCC2)c2cc[nH]c12. The molecule has 0 spiro atoms. The van der Waals surface area contributed by atoms with Crippen LogP contribution in [-0.4, -0.2) is 4.98 Å². The summed E-state index contributed by atoms with van der Waals surface area (Å²) in [5.41, 5.74) is 4.27. The Bertz CT molecular complexity index is 489. The molecule has 0 unspecified atom stereocenters. The van der Waals surface area contributed by atoms with Gasteiger partial charge in [0.05, 0.1) is 0 Å². The molecular weight excluding hydrogens is 194 g/mol. The molecule has 1 heterocycles. The Kier molecular flexibility index (Phi) is 2.47. The Labute approximate surface area is 96.9 Å². The topological polar surface area (TPSA) is 15.8 Å². The molecule has 1 aliphatic rings. The molecule has 0 atom stereocenters. The minimum Gasteiger partial charge on any atom is -0.361 e. The highest BCUT2D eigenvalue weighted by atomic mass is 14.7. The smallest absolute Gasteiger partial charge is 0.0486 e. The molecule has 1 aliphatic carbocycles. The first-order valence-electron chi connectivity index (χ1n) is 6.43. The van der Waals surface area contributed by atoms with E-state index in [1.165, 1.54) is 48.6 Å². The van der Waals surface area contributed by atoms with Gasteiger partial charge in [0.2, 0.25) is 0 Å². The summed E-state index contributed by atoms with van der Waals surface area (Å²) >= 11 is 0. The average Bonchev–Trinajstić information content (AvgIpc) is 2.81. The highest BCUT2D eigenvalue weighted by Gasteiger charge is 2.18. The van der Waals surface area contributed by atoms with E-state index in [1.807, 2.05) is 0 Å². The maximum Gasteiger partial charge on any atom is 0.0486 e. The van der Waals surface area contributed by atoms with Crippen molar-refractivity contribution in [2.24, 2.45) is 0 Å². The number of hydrogen-bond donors (Lipinski definition) is 1. The standard InChI is InChI=1S/C15H19N/c1-11-7-8-13(12-5-3-2-4-6-12)14-9-10-16-15(11)14/h7-10,12,16H,2-6H2,1H3. The molecule has 1 saturated carbocycles. The fourth-order valence-corrected chi connectivity index (χ4v) is 3.09. The predicted molar refractivity (Wildman–Crippen MR) is 68.9 cm³/mol. The van der Waals surface area contributed by atoms with Crippen molar-refractivity contribution in [3.8, 4) is 0 Å². The zero-order valence-electron chi connectivity index (χ0n) is 9.92. The van der Waals surface area contributed by atoms with Crippen molar-refractivity contribution in [2.45, 2.75) is 44.9 Å². The fourth-order valence-electron chi connectivity index (χ4n) is 3.09. The fraction of sp³-hybridized carbons (Fsp3) is 0.467. The first-order valence-corrected chi connectivity index (χ1v) is 6.43. The summed E-state index contributed by atoms with van der Waals surface area (Å²) in [6, 6.07) is 6.86. The third-order valence-electron chi connectivity index (χ3n) is 4.01. The van der Waals surface area contributed by atoms with Crippen LogP contribution in [0.3, 0.4) is 0 Å². The molecule has 1 nitrogen and oxygen atoms in total. The second kappa shape index (κ2) is 3.97. The molecule has 0 saturated heterocycles. The van der Waals surface area contributed by atoms with Gasteiger partial charge in [0.15, 0.2) is 0 Å². The number of hydrogen-bond acceptors (Lipinski definition) is 0. The van der Waals surface area contributed by atoms with Gasteiger partial charge in [-0.1, -0.05) is 31.4 Å². The summed E-state index contributed by atoms with van der Waals surface area (Å²) in [6.45, 7) is 2.18. The molecule has 0 radical (unpaired) electrons. The first kappa shape index (κ1) is 9.95. The Morgan fingerprint density at radius 3 is 2.69 bits per heavy atom. The molecule has 3 rings (SSSR count). The van der Waals surface area contributed by atoms with Gasteiger partial charge in [-0.15, -0.1) is 0 Å². The van der Waals surface area contributed by atoms with Gasteiger partial charge in [-0.2, -0.15) is 0 Å². The molecular formula is C15H19N. The maximum atomic E-state index is 3.37. The lowest BCUT2D eigenvalue weighted by Crippen LogP contribution is -2.04. The lowest BCUT2D eigenvalue weighted by Gasteiger charge is -2.23. The summed E-state index contributed by atoms with van der Waals surface area (Å²) in [5.74, 6) is 0.799. The van der Waals surface area contributed by atoms with Crippen molar-refractivity contribution in [1.82, 2.24) is 4.98 Å². The van der Waals surface area contributed by atoms with Gasteiger partial charge in [0, 0.05) is 17.1 Å². The summed E-state index contributed by atoms with van der Waals surface area (Å²) < 4.78 is 0. The minimum atomic E-state index is 0.799. The number of rotatable bonds is 1. The molecule has 0 bridgehead atoms. The first-order chi connectivity index (χ1) is 7.86. The van der Waals surface area contributed by atoms with E-state index >= 15 is 0 Å². The van der Waals surface area contributed by atoms with E-state index in [1.54, 1.807) is 5.56 Å². The minimum absolute atomic E-state index is 0.799. The zero-order valence-corrected chi connectivity index (χ0v) is 9.92. The van der Waals surface area contributed by atoms with Gasteiger partial charge in [-0.05, 0) is 42.9 Å². The van der Waals surface area contributed by atoms with E-state index in [0.717, 1.165) is 5.92 Å². The zero-order chi connectivity index (χ0) is 11.0. The molecule has 84 valence electrons. The van der Waals surface area contributed by atoms with Crippen LogP contribution in [0.5, 0.6) is 0 Å². The van der Waals surface area contributed by atoms with E-state index in [9.17, 15) is 0 Å². The van der Waals surface area contributed by atoms with Gasteiger partial charge in [0.25, 0.3) is 0 Å². The molecule has 1 aromatic heterocycles. The maximum absolute atomic E-state index is 3.37. The van der Waals surface area contributed by atoms with E-state index in [-0.39, 0.29) is 0 Å². The number of fused-ring (bicyclic) bond motifs is 1. The van der Waals surface area contributed by atoms with Gasteiger partial charge in [-0.25, -0.2) is 0 Å². The van der Waals surface area contributed by atoms with Crippen LogP contribution in [0.2, 0.25) is 0 Å². The number of aromatic nitrogens is 1. The predicted octanol–water partition coefficient (Wildman–Crippen LogP) is 4.52. The Morgan fingerprint density at radius 2 is 1.88 bits per heavy atom. The largest absolute Gasteiger partial charge is 0.361 e. The van der Waals surface area contributed by atoms with E-state index in [2.05, 4.69) is 36.3 Å². The van der Waals surface area contributed by atoms with Crippen LogP contribution in [0.25, 0.3) is 10.9 Å². The van der Waals surface area contributed by atoms with Gasteiger partial charge >= 0.3 is 0 Å². The normalized spacial score (nSPS) is 18.1. The van der Waals surface area contributed by atoms with Crippen molar-refractivity contribution in [2.75, 3.05) is 0 Å². The molecule has 2 aromatic rings. The summed E-state index contributed by atoms with van der Waals surface area (Å²) in [7, 11) is 0. The number of benzene rings is 1. The number of nitrogens with one attached hydrogen (secondary N) is 1. The molecule has 1 fully saturated rings. The van der Waals surface area contributed by atoms with E-state index in [4.69, 9.17) is 0 Å². The van der Waals surface area contributed by atoms with E-state index in [0.29, 0.717) is 0 Å². The summed E-state index contributed by atoms with van der Waals surface area (Å²) in [5, 5.41) is 1.45. The quantitative estimate of drug-likeness (QED) is 0.716. The number of H-pyrrole nitrogens is 1. The van der Waals surface area contributed by atoms with Crippen LogP contribution < -0.4 is 0 Å². The second-order valence-electron chi connectivity index (χ2n) is 5.07. The third kappa shape index (κ3) is 1.55.